The molecule has 1 unspecified atom stereocenters. The normalized spacial score (nSPS) is 28.3. The summed E-state index contributed by atoms with van der Waals surface area (Å²) in [6, 6.07) is -0.0397. The van der Waals surface area contributed by atoms with Gasteiger partial charge in [-0.1, -0.05) is 0 Å². The highest BCUT2D eigenvalue weighted by atomic mass is 31.2. The van der Waals surface area contributed by atoms with E-state index >= 15 is 0 Å². The Bertz CT molecular complexity index is 377. The van der Waals surface area contributed by atoms with Gasteiger partial charge in [-0.3, -0.25) is 9.36 Å². The molecule has 1 amide bonds. The van der Waals surface area contributed by atoms with E-state index in [4.69, 9.17) is 9.26 Å². The molecule has 1 fully saturated rings. The highest BCUT2D eigenvalue weighted by Gasteiger charge is 2.28. The molecule has 6 nitrogen and oxygen atoms in total. The predicted molar refractivity (Wildman–Crippen MR) is 73.1 cm³/mol. The smallest absolute Gasteiger partial charge is 0.311 e. The fraction of sp³-hybridized carbons (Fsp3) is 0.800. The van der Waals surface area contributed by atoms with E-state index in [1.165, 1.54) is 19.8 Å². The SMILES string of the molecule is B[C@H]1CN(C(C)=O)CC(CO[P@@](C)(=O)/N=C\C)O1. The molecular weight excluding hydrogens is 254 g/mol. The van der Waals surface area contributed by atoms with Crippen molar-refractivity contribution in [2.45, 2.75) is 26.0 Å². The van der Waals surface area contributed by atoms with Gasteiger partial charge in [-0.25, -0.2) is 4.76 Å². The highest BCUT2D eigenvalue weighted by molar-refractivity contribution is 7.56. The molecule has 0 bridgehead atoms. The van der Waals surface area contributed by atoms with Crippen LogP contribution in [0.25, 0.3) is 0 Å². The standard InChI is InChI=1S/C10H20BN2O4P/c1-4-12-18(3,15)16-7-9-5-13(8(2)14)6-10(11)17-9/h4,9-10H,5-7,11H2,1-3H3/b12-4-/t9?,10-,18-/m1/s1. The zero-order chi connectivity index (χ0) is 13.8. The van der Waals surface area contributed by atoms with Crippen molar-refractivity contribution in [2.24, 2.45) is 4.76 Å². The lowest BCUT2D eigenvalue weighted by Crippen LogP contribution is -2.50. The number of carbonyl (C=O) groups is 1. The Kier molecular flexibility index (Phi) is 5.57. The van der Waals surface area contributed by atoms with Gasteiger partial charge < -0.3 is 14.2 Å². The van der Waals surface area contributed by atoms with Crippen LogP contribution in [-0.2, 0) is 18.6 Å². The van der Waals surface area contributed by atoms with E-state index in [0.29, 0.717) is 13.1 Å². The van der Waals surface area contributed by atoms with Crippen molar-refractivity contribution in [3.05, 3.63) is 0 Å². The molecule has 1 heterocycles. The maximum absolute atomic E-state index is 11.8. The largest absolute Gasteiger partial charge is 0.378 e. The van der Waals surface area contributed by atoms with Crippen molar-refractivity contribution >= 4 is 27.5 Å². The second-order valence-corrected chi connectivity index (χ2v) is 6.56. The van der Waals surface area contributed by atoms with Crippen molar-refractivity contribution < 1.29 is 18.6 Å². The summed E-state index contributed by atoms with van der Waals surface area (Å²) in [5, 5.41) is 0. The fourth-order valence-corrected chi connectivity index (χ4v) is 2.79. The Morgan fingerprint density at radius 1 is 1.67 bits per heavy atom. The fourth-order valence-electron chi connectivity index (χ4n) is 1.86. The van der Waals surface area contributed by atoms with Crippen molar-refractivity contribution in [2.75, 3.05) is 26.4 Å². The Morgan fingerprint density at radius 2 is 2.33 bits per heavy atom. The molecule has 0 aromatic heterocycles. The summed E-state index contributed by atoms with van der Waals surface area (Å²) in [4.78, 5) is 13.1. The van der Waals surface area contributed by atoms with Crippen LogP contribution >= 0.6 is 7.52 Å². The Morgan fingerprint density at radius 3 is 2.89 bits per heavy atom. The molecule has 8 heteroatoms. The molecule has 1 aliphatic rings. The van der Waals surface area contributed by atoms with Crippen LogP contribution in [0.5, 0.6) is 0 Å². The molecule has 1 aliphatic heterocycles. The molecule has 1 saturated heterocycles. The lowest BCUT2D eigenvalue weighted by molar-refractivity contribution is -0.139. The number of rotatable bonds is 4. The number of carbonyl (C=O) groups excluding carboxylic acids is 1. The minimum Gasteiger partial charge on any atom is -0.378 e. The van der Waals surface area contributed by atoms with Crippen molar-refractivity contribution in [3.63, 3.8) is 0 Å². The molecule has 0 N–H and O–H groups in total. The molecule has 0 spiro atoms. The van der Waals surface area contributed by atoms with E-state index in [0.717, 1.165) is 0 Å². The lowest BCUT2D eigenvalue weighted by atomic mass is 9.97. The molecule has 1 rings (SSSR count). The van der Waals surface area contributed by atoms with Gasteiger partial charge in [0, 0.05) is 38.9 Å². The van der Waals surface area contributed by atoms with Crippen molar-refractivity contribution in [3.8, 4) is 0 Å². The van der Waals surface area contributed by atoms with E-state index in [2.05, 4.69) is 4.76 Å². The van der Waals surface area contributed by atoms with Gasteiger partial charge in [-0.2, -0.15) is 0 Å². The molecule has 3 atom stereocenters. The number of hydrogen-bond donors (Lipinski definition) is 0. The molecule has 0 radical (unpaired) electrons. The number of hydrogen-bond acceptors (Lipinski definition) is 4. The molecule has 0 aromatic carbocycles. The van der Waals surface area contributed by atoms with Crippen molar-refractivity contribution in [1.29, 1.82) is 0 Å². The third kappa shape index (κ3) is 4.92. The summed E-state index contributed by atoms with van der Waals surface area (Å²) in [5.74, 6) is 0.0152. The second kappa shape index (κ2) is 6.50. The number of morpholine rings is 1. The second-order valence-electron chi connectivity index (χ2n) is 4.47. The maximum Gasteiger partial charge on any atom is 0.311 e. The quantitative estimate of drug-likeness (QED) is 0.415. The summed E-state index contributed by atoms with van der Waals surface area (Å²) < 4.78 is 26.5. The summed E-state index contributed by atoms with van der Waals surface area (Å²) in [7, 11) is -1.04. The molecular formula is C10H20BN2O4P. The van der Waals surface area contributed by atoms with Gasteiger partial charge in [0.1, 0.15) is 7.85 Å². The zero-order valence-electron chi connectivity index (χ0n) is 11.3. The van der Waals surface area contributed by atoms with Gasteiger partial charge in [0.05, 0.1) is 12.7 Å². The first-order valence-corrected chi connectivity index (χ1v) is 7.99. The van der Waals surface area contributed by atoms with Crippen LogP contribution in [0.15, 0.2) is 4.76 Å². The van der Waals surface area contributed by atoms with Crippen molar-refractivity contribution in [1.82, 2.24) is 4.90 Å². The highest BCUT2D eigenvalue weighted by Crippen LogP contribution is 2.43. The molecule has 18 heavy (non-hydrogen) atoms. The van der Waals surface area contributed by atoms with E-state index < -0.39 is 7.52 Å². The Hall–Kier alpha value is -0.645. The number of ether oxygens (including phenoxy) is 1. The van der Waals surface area contributed by atoms with Crippen LogP contribution in [-0.4, -0.2) is 63.3 Å². The van der Waals surface area contributed by atoms with Crippen LogP contribution in [0.3, 0.4) is 0 Å². The third-order valence-electron chi connectivity index (χ3n) is 2.60. The van der Waals surface area contributed by atoms with Crippen LogP contribution in [0.2, 0.25) is 0 Å². The Labute approximate surface area is 109 Å². The van der Waals surface area contributed by atoms with E-state index in [9.17, 15) is 9.36 Å². The molecule has 0 aliphatic carbocycles. The molecule has 0 aromatic rings. The van der Waals surface area contributed by atoms with E-state index in [1.807, 2.05) is 7.85 Å². The van der Waals surface area contributed by atoms with Gasteiger partial charge in [0.25, 0.3) is 0 Å². The molecule has 102 valence electrons. The number of amides is 1. The van der Waals surface area contributed by atoms with Gasteiger partial charge in [-0.15, -0.1) is 0 Å². The third-order valence-corrected chi connectivity index (χ3v) is 3.88. The van der Waals surface area contributed by atoms with Gasteiger partial charge >= 0.3 is 7.52 Å². The molecule has 0 saturated carbocycles. The van der Waals surface area contributed by atoms with Crippen LogP contribution in [0.1, 0.15) is 13.8 Å². The predicted octanol–water partition coefficient (Wildman–Crippen LogP) is 0.123. The van der Waals surface area contributed by atoms with Gasteiger partial charge in [0.2, 0.25) is 5.91 Å². The van der Waals surface area contributed by atoms with Crippen LogP contribution in [0, 0.1) is 0 Å². The number of nitrogens with zero attached hydrogens (tertiary/aromatic N) is 2. The average molecular weight is 274 g/mol. The summed E-state index contributed by atoms with van der Waals surface area (Å²) in [5.41, 5.74) is 0. The first-order chi connectivity index (χ1) is 8.34. The summed E-state index contributed by atoms with van der Waals surface area (Å²) in [6.45, 7) is 5.91. The zero-order valence-corrected chi connectivity index (χ0v) is 12.2. The average Bonchev–Trinajstić information content (AvgIpc) is 2.26. The lowest BCUT2D eigenvalue weighted by Gasteiger charge is -2.36. The first-order valence-electron chi connectivity index (χ1n) is 5.97. The van der Waals surface area contributed by atoms with E-state index in [-0.39, 0.29) is 24.6 Å². The monoisotopic (exact) mass is 274 g/mol. The van der Waals surface area contributed by atoms with Gasteiger partial charge in [-0.05, 0) is 6.92 Å². The summed E-state index contributed by atoms with van der Waals surface area (Å²) in [6.07, 6.45) is 1.21. The van der Waals surface area contributed by atoms with Crippen LogP contribution in [0.4, 0.5) is 0 Å². The van der Waals surface area contributed by atoms with Gasteiger partial charge in [0.15, 0.2) is 0 Å². The minimum absolute atomic E-state index is 0.0152. The first kappa shape index (κ1) is 15.4. The minimum atomic E-state index is -2.94. The Balaban J connectivity index is 2.52. The maximum atomic E-state index is 11.8. The summed E-state index contributed by atoms with van der Waals surface area (Å²) >= 11 is 0. The topological polar surface area (TPSA) is 68.2 Å². The van der Waals surface area contributed by atoms with E-state index in [1.54, 1.807) is 11.8 Å². The van der Waals surface area contributed by atoms with Crippen LogP contribution < -0.4 is 0 Å².